The van der Waals surface area contributed by atoms with E-state index in [0.29, 0.717) is 11.1 Å². The molecule has 90 valence electrons. The highest BCUT2D eigenvalue weighted by molar-refractivity contribution is 6.10. The minimum Gasteiger partial charge on any atom is -0.425 e. The summed E-state index contributed by atoms with van der Waals surface area (Å²) >= 11 is 0. The van der Waals surface area contributed by atoms with Crippen LogP contribution in [0.15, 0.2) is 36.4 Å². The highest BCUT2D eigenvalue weighted by Gasteiger charge is 2.16. The molecule has 1 atom stereocenters. The molecule has 0 radical (unpaired) electrons. The molecule has 0 bridgehead atoms. The van der Waals surface area contributed by atoms with Gasteiger partial charge in [-0.2, -0.15) is 0 Å². The van der Waals surface area contributed by atoms with Gasteiger partial charge in [0.15, 0.2) is 5.78 Å². The Hall–Kier alpha value is -1.94. The Morgan fingerprint density at radius 2 is 1.94 bits per heavy atom. The number of Topliss-reactive ketones (excluding diaryl/α,β-unsaturated/α-hetero) is 1. The van der Waals surface area contributed by atoms with Gasteiger partial charge in [-0.3, -0.25) is 4.79 Å². The number of hydrogen-bond donors (Lipinski definition) is 1. The Labute approximate surface area is 100 Å². The smallest absolute Gasteiger partial charge is 0.328 e. The monoisotopic (exact) mass is 233 g/mol. The summed E-state index contributed by atoms with van der Waals surface area (Å²) in [5, 5.41) is 0. The molecule has 0 saturated heterocycles. The van der Waals surface area contributed by atoms with Gasteiger partial charge in [0.05, 0.1) is 5.56 Å². The number of carbonyl (C=O) groups excluding carboxylic acids is 2. The lowest BCUT2D eigenvalue weighted by atomic mass is 10.1. The van der Waals surface area contributed by atoms with E-state index >= 15 is 0 Å². The molecule has 0 fully saturated rings. The van der Waals surface area contributed by atoms with Crippen LogP contribution in [0.5, 0.6) is 5.75 Å². The number of ether oxygens (including phenoxy) is 1. The van der Waals surface area contributed by atoms with Crippen LogP contribution in [-0.4, -0.2) is 17.8 Å². The van der Waals surface area contributed by atoms with Crippen molar-refractivity contribution < 1.29 is 14.3 Å². The van der Waals surface area contributed by atoms with Crippen LogP contribution < -0.4 is 10.5 Å². The van der Waals surface area contributed by atoms with E-state index in [9.17, 15) is 9.59 Å². The molecule has 0 aliphatic heterocycles. The Bertz CT molecular complexity index is 463. The van der Waals surface area contributed by atoms with Gasteiger partial charge in [-0.25, -0.2) is 4.79 Å². The second-order valence-corrected chi connectivity index (χ2v) is 3.82. The van der Waals surface area contributed by atoms with Gasteiger partial charge >= 0.3 is 5.97 Å². The van der Waals surface area contributed by atoms with Crippen molar-refractivity contribution in [2.24, 2.45) is 5.73 Å². The Balaban J connectivity index is 3.04. The van der Waals surface area contributed by atoms with E-state index in [2.05, 4.69) is 6.58 Å². The highest BCUT2D eigenvalue weighted by atomic mass is 16.5. The third-order valence-corrected chi connectivity index (χ3v) is 2.10. The molecule has 0 amide bonds. The zero-order chi connectivity index (χ0) is 13.0. The van der Waals surface area contributed by atoms with Crippen LogP contribution in [0, 0.1) is 0 Å². The zero-order valence-corrected chi connectivity index (χ0v) is 9.90. The molecule has 0 spiro atoms. The summed E-state index contributed by atoms with van der Waals surface area (Å²) in [5.41, 5.74) is 6.09. The van der Waals surface area contributed by atoms with Gasteiger partial charge in [0, 0.05) is 0 Å². The number of esters is 1. The predicted molar refractivity (Wildman–Crippen MR) is 64.9 cm³/mol. The quantitative estimate of drug-likeness (QED) is 0.372. The molecule has 4 heteroatoms. The molecule has 0 aromatic heterocycles. The largest absolute Gasteiger partial charge is 0.425 e. The minimum absolute atomic E-state index is 0.211. The molecule has 0 saturated carbocycles. The van der Waals surface area contributed by atoms with Crippen molar-refractivity contribution in [1.82, 2.24) is 0 Å². The average molecular weight is 233 g/mol. The van der Waals surface area contributed by atoms with Gasteiger partial charge in [-0.15, -0.1) is 0 Å². The fraction of sp³-hybridized carbons (Fsp3) is 0.231. The van der Waals surface area contributed by atoms with Crippen LogP contribution in [0.4, 0.5) is 0 Å². The highest BCUT2D eigenvalue weighted by Crippen LogP contribution is 2.21. The van der Waals surface area contributed by atoms with Gasteiger partial charge in [0.1, 0.15) is 11.8 Å². The van der Waals surface area contributed by atoms with Crippen molar-refractivity contribution in [2.45, 2.75) is 19.9 Å². The van der Waals surface area contributed by atoms with Crippen molar-refractivity contribution >= 4 is 11.8 Å². The Morgan fingerprint density at radius 3 is 2.47 bits per heavy atom. The fourth-order valence-corrected chi connectivity index (χ4v) is 1.17. The van der Waals surface area contributed by atoms with Crippen molar-refractivity contribution in [2.75, 3.05) is 0 Å². The van der Waals surface area contributed by atoms with Gasteiger partial charge in [0.25, 0.3) is 0 Å². The maximum Gasteiger partial charge on any atom is 0.328 e. The molecule has 2 N–H and O–H groups in total. The second kappa shape index (κ2) is 5.41. The Morgan fingerprint density at radius 1 is 1.35 bits per heavy atom. The summed E-state index contributed by atoms with van der Waals surface area (Å²) in [4.78, 5) is 23.2. The molecular weight excluding hydrogens is 218 g/mol. The number of benzene rings is 1. The number of hydrogen-bond acceptors (Lipinski definition) is 4. The maximum atomic E-state index is 11.8. The van der Waals surface area contributed by atoms with Gasteiger partial charge in [-0.1, -0.05) is 18.7 Å². The SMILES string of the molecule is C=C(C)C(=O)c1ccccc1OC(=O)[C@H](C)N. The number of allylic oxidation sites excluding steroid dienone is 1. The van der Waals surface area contributed by atoms with E-state index < -0.39 is 12.0 Å². The van der Waals surface area contributed by atoms with Crippen LogP contribution in [0.1, 0.15) is 24.2 Å². The first-order valence-corrected chi connectivity index (χ1v) is 5.20. The summed E-state index contributed by atoms with van der Waals surface area (Å²) in [6, 6.07) is 5.78. The predicted octanol–water partition coefficient (Wildman–Crippen LogP) is 1.70. The summed E-state index contributed by atoms with van der Waals surface area (Å²) in [6.07, 6.45) is 0. The van der Waals surface area contributed by atoms with E-state index in [1.165, 1.54) is 6.92 Å². The molecule has 17 heavy (non-hydrogen) atoms. The minimum atomic E-state index is -0.733. The standard InChI is InChI=1S/C13H15NO3/c1-8(2)12(15)10-6-4-5-7-11(10)17-13(16)9(3)14/h4-7,9H,1,14H2,2-3H3/t9-/m0/s1. The van der Waals surface area contributed by atoms with Crippen LogP contribution in [-0.2, 0) is 4.79 Å². The van der Waals surface area contributed by atoms with Gasteiger partial charge in [0.2, 0.25) is 0 Å². The molecule has 0 heterocycles. The van der Waals surface area contributed by atoms with Crippen molar-refractivity contribution in [3.8, 4) is 5.75 Å². The Kier molecular flexibility index (Phi) is 4.17. The number of para-hydroxylation sites is 1. The lowest BCUT2D eigenvalue weighted by Crippen LogP contribution is -2.31. The van der Waals surface area contributed by atoms with E-state index in [1.807, 2.05) is 0 Å². The third-order valence-electron chi connectivity index (χ3n) is 2.10. The molecule has 0 aliphatic carbocycles. The number of rotatable bonds is 4. The third kappa shape index (κ3) is 3.26. The van der Waals surface area contributed by atoms with Crippen molar-refractivity contribution in [1.29, 1.82) is 0 Å². The van der Waals surface area contributed by atoms with Crippen LogP contribution in [0.3, 0.4) is 0 Å². The molecule has 0 unspecified atom stereocenters. The molecule has 1 aromatic carbocycles. The van der Waals surface area contributed by atoms with E-state index in [1.54, 1.807) is 31.2 Å². The van der Waals surface area contributed by atoms with E-state index in [0.717, 1.165) is 0 Å². The molecular formula is C13H15NO3. The van der Waals surface area contributed by atoms with Gasteiger partial charge in [-0.05, 0) is 31.6 Å². The average Bonchev–Trinajstić information content (AvgIpc) is 2.28. The fourth-order valence-electron chi connectivity index (χ4n) is 1.17. The summed E-state index contributed by atoms with van der Waals surface area (Å²) in [5.74, 6) is -0.618. The van der Waals surface area contributed by atoms with Crippen molar-refractivity contribution in [3.05, 3.63) is 42.0 Å². The number of nitrogens with two attached hydrogens (primary N) is 1. The molecule has 4 nitrogen and oxygen atoms in total. The summed E-state index contributed by atoms with van der Waals surface area (Å²) in [6.45, 7) is 6.70. The van der Waals surface area contributed by atoms with Crippen LogP contribution in [0.25, 0.3) is 0 Å². The normalized spacial score (nSPS) is 11.7. The first-order chi connectivity index (χ1) is 7.93. The first kappa shape index (κ1) is 13.1. The number of ketones is 1. The zero-order valence-electron chi connectivity index (χ0n) is 9.90. The van der Waals surface area contributed by atoms with Crippen molar-refractivity contribution in [3.63, 3.8) is 0 Å². The van der Waals surface area contributed by atoms with Gasteiger partial charge < -0.3 is 10.5 Å². The summed E-state index contributed by atoms with van der Waals surface area (Å²) in [7, 11) is 0. The second-order valence-electron chi connectivity index (χ2n) is 3.82. The van der Waals surface area contributed by atoms with Crippen LogP contribution >= 0.6 is 0 Å². The first-order valence-electron chi connectivity index (χ1n) is 5.20. The van der Waals surface area contributed by atoms with Crippen LogP contribution in [0.2, 0.25) is 0 Å². The topological polar surface area (TPSA) is 69.4 Å². The lowest BCUT2D eigenvalue weighted by molar-refractivity contribution is -0.135. The maximum absolute atomic E-state index is 11.8. The van der Waals surface area contributed by atoms with E-state index in [4.69, 9.17) is 10.5 Å². The molecule has 1 rings (SSSR count). The van der Waals surface area contributed by atoms with E-state index in [-0.39, 0.29) is 11.5 Å². The number of carbonyl (C=O) groups is 2. The molecule has 1 aromatic rings. The lowest BCUT2D eigenvalue weighted by Gasteiger charge is -2.10. The summed E-state index contributed by atoms with van der Waals surface area (Å²) < 4.78 is 5.05. The molecule has 0 aliphatic rings.